The van der Waals surface area contributed by atoms with Crippen LogP contribution in [0.2, 0.25) is 0 Å². The van der Waals surface area contributed by atoms with E-state index in [0.29, 0.717) is 44.9 Å². The molecule has 1 amide bonds. The predicted molar refractivity (Wildman–Crippen MR) is 145 cm³/mol. The highest BCUT2D eigenvalue weighted by molar-refractivity contribution is 7.85. The molecule has 232 valence electrons. The number of hydrogen-bond donors (Lipinski definition) is 6. The van der Waals surface area contributed by atoms with Crippen LogP contribution in [0.25, 0.3) is 0 Å². The molecule has 0 aromatic rings. The van der Waals surface area contributed by atoms with Gasteiger partial charge in [-0.2, -0.15) is 8.42 Å². The van der Waals surface area contributed by atoms with Crippen LogP contribution in [-0.2, 0) is 24.4 Å². The van der Waals surface area contributed by atoms with E-state index in [-0.39, 0.29) is 66.2 Å². The van der Waals surface area contributed by atoms with E-state index < -0.39 is 38.6 Å². The molecule has 0 bridgehead atoms. The van der Waals surface area contributed by atoms with Gasteiger partial charge in [-0.25, -0.2) is 0 Å². The number of carbonyl (C=O) groups is 1. The van der Waals surface area contributed by atoms with Crippen LogP contribution < -0.4 is 5.32 Å². The van der Waals surface area contributed by atoms with Gasteiger partial charge in [-0.1, -0.05) is 20.8 Å². The van der Waals surface area contributed by atoms with E-state index in [1.165, 1.54) is 14.2 Å². The summed E-state index contributed by atoms with van der Waals surface area (Å²) in [7, 11) is -1.18. The quantitative estimate of drug-likeness (QED) is 0.170. The SMILES string of the molecule is CO[C@@]1(O)CC[C@@]2(C)C(C1)C[C@](O)(OC)[C@H]1[C@@H]3CC[C@H]([C@H](C)CCC(=O)NCCS(=O)(=O)O)[C@@]3(C)C(O)(O)C[C@@H]12. The zero-order chi connectivity index (χ0) is 29.9. The Hall–Kier alpha value is -0.860. The van der Waals surface area contributed by atoms with E-state index in [4.69, 9.17) is 14.0 Å². The molecule has 0 spiro atoms. The Morgan fingerprint density at radius 2 is 1.68 bits per heavy atom. The van der Waals surface area contributed by atoms with Crippen molar-refractivity contribution < 1.29 is 47.7 Å². The van der Waals surface area contributed by atoms with Gasteiger partial charge < -0.3 is 35.2 Å². The van der Waals surface area contributed by atoms with Crippen LogP contribution in [0.4, 0.5) is 0 Å². The lowest BCUT2D eigenvalue weighted by atomic mass is 9.41. The molecule has 11 nitrogen and oxygen atoms in total. The molecule has 4 aliphatic carbocycles. The first-order valence-corrected chi connectivity index (χ1v) is 16.2. The first-order chi connectivity index (χ1) is 18.4. The summed E-state index contributed by atoms with van der Waals surface area (Å²) in [6.45, 7) is 5.88. The van der Waals surface area contributed by atoms with Gasteiger partial charge in [0.2, 0.25) is 5.91 Å². The summed E-state index contributed by atoms with van der Waals surface area (Å²) in [5, 5.41) is 49.1. The Bertz CT molecular complexity index is 1070. The van der Waals surface area contributed by atoms with Gasteiger partial charge in [-0.15, -0.1) is 0 Å². The van der Waals surface area contributed by atoms with E-state index in [1.807, 2.05) is 13.8 Å². The highest BCUT2D eigenvalue weighted by Gasteiger charge is 2.73. The lowest BCUT2D eigenvalue weighted by molar-refractivity contribution is -0.377. The first kappa shape index (κ1) is 32.1. The molecule has 0 aromatic carbocycles. The number of methoxy groups -OCH3 is 2. The molecule has 0 aliphatic heterocycles. The van der Waals surface area contributed by atoms with Gasteiger partial charge in [0.05, 0.1) is 5.75 Å². The second-order valence-corrected chi connectivity index (χ2v) is 15.3. The summed E-state index contributed by atoms with van der Waals surface area (Å²) in [6, 6.07) is 0. The Morgan fingerprint density at radius 3 is 2.27 bits per heavy atom. The minimum atomic E-state index is -4.16. The Morgan fingerprint density at radius 1 is 1.00 bits per heavy atom. The molecule has 6 N–H and O–H groups in total. The molecule has 4 rings (SSSR count). The van der Waals surface area contributed by atoms with Crippen LogP contribution >= 0.6 is 0 Å². The third kappa shape index (κ3) is 5.36. The summed E-state index contributed by atoms with van der Waals surface area (Å²) >= 11 is 0. The summed E-state index contributed by atoms with van der Waals surface area (Å²) in [6.07, 6.45) is 3.82. The molecule has 10 atom stereocenters. The van der Waals surface area contributed by atoms with Crippen molar-refractivity contribution in [3.8, 4) is 0 Å². The smallest absolute Gasteiger partial charge is 0.266 e. The monoisotopic (exact) mass is 591 g/mol. The van der Waals surface area contributed by atoms with Crippen molar-refractivity contribution in [2.75, 3.05) is 26.5 Å². The van der Waals surface area contributed by atoms with Gasteiger partial charge in [0, 0.05) is 64.2 Å². The molecule has 4 aliphatic rings. The number of fused-ring (bicyclic) bond motifs is 5. The number of rotatable bonds is 9. The summed E-state index contributed by atoms with van der Waals surface area (Å²) < 4.78 is 41.9. The maximum absolute atomic E-state index is 12.3. The molecule has 40 heavy (non-hydrogen) atoms. The van der Waals surface area contributed by atoms with Crippen LogP contribution in [-0.4, -0.2) is 83.2 Å². The van der Waals surface area contributed by atoms with E-state index in [2.05, 4.69) is 12.2 Å². The highest BCUT2D eigenvalue weighted by Crippen LogP contribution is 2.72. The lowest BCUT2D eigenvalue weighted by Crippen LogP contribution is -2.70. The van der Waals surface area contributed by atoms with E-state index >= 15 is 0 Å². The summed E-state index contributed by atoms with van der Waals surface area (Å²) in [4.78, 5) is 12.3. The van der Waals surface area contributed by atoms with Gasteiger partial charge >= 0.3 is 0 Å². The van der Waals surface area contributed by atoms with E-state index in [1.54, 1.807) is 0 Å². The van der Waals surface area contributed by atoms with Crippen molar-refractivity contribution in [2.45, 2.75) is 95.9 Å². The molecule has 0 saturated heterocycles. The predicted octanol–water partition coefficient (Wildman–Crippen LogP) is 1.64. The van der Waals surface area contributed by atoms with Crippen LogP contribution in [0.15, 0.2) is 0 Å². The van der Waals surface area contributed by atoms with Gasteiger partial charge in [-0.05, 0) is 60.7 Å². The van der Waals surface area contributed by atoms with E-state index in [0.717, 1.165) is 0 Å². The third-order valence-electron chi connectivity index (χ3n) is 12.0. The van der Waals surface area contributed by atoms with Crippen LogP contribution in [0.3, 0.4) is 0 Å². The molecular weight excluding hydrogens is 542 g/mol. The molecular formula is C28H49NO10S. The van der Waals surface area contributed by atoms with Crippen molar-refractivity contribution in [1.82, 2.24) is 5.32 Å². The molecule has 1 unspecified atom stereocenters. The normalized spacial score (nSPS) is 45.2. The number of hydrogen-bond acceptors (Lipinski definition) is 9. The fourth-order valence-electron chi connectivity index (χ4n) is 9.51. The summed E-state index contributed by atoms with van der Waals surface area (Å²) in [5.74, 6) is -6.78. The van der Waals surface area contributed by atoms with Crippen LogP contribution in [0.1, 0.15) is 78.6 Å². The van der Waals surface area contributed by atoms with Gasteiger partial charge in [0.15, 0.2) is 17.4 Å². The van der Waals surface area contributed by atoms with Crippen molar-refractivity contribution in [1.29, 1.82) is 0 Å². The average molecular weight is 592 g/mol. The molecule has 4 fully saturated rings. The Labute approximate surface area is 237 Å². The van der Waals surface area contributed by atoms with Crippen LogP contribution in [0.5, 0.6) is 0 Å². The summed E-state index contributed by atoms with van der Waals surface area (Å²) in [5.41, 5.74) is -1.30. The molecule has 0 aromatic heterocycles. The fraction of sp³-hybridized carbons (Fsp3) is 0.964. The molecule has 0 heterocycles. The maximum Gasteiger partial charge on any atom is 0.266 e. The van der Waals surface area contributed by atoms with Gasteiger partial charge in [0.1, 0.15) is 0 Å². The maximum atomic E-state index is 12.3. The molecule has 12 heteroatoms. The molecule has 4 saturated carbocycles. The van der Waals surface area contributed by atoms with Gasteiger partial charge in [0.25, 0.3) is 10.1 Å². The number of amides is 1. The van der Waals surface area contributed by atoms with E-state index in [9.17, 15) is 33.6 Å². The minimum absolute atomic E-state index is 0.0495. The van der Waals surface area contributed by atoms with Crippen molar-refractivity contribution in [3.63, 3.8) is 0 Å². The Kier molecular flexibility index (Phi) is 8.57. The second kappa shape index (κ2) is 10.7. The number of ether oxygens (including phenoxy) is 2. The van der Waals surface area contributed by atoms with Crippen molar-refractivity contribution in [2.24, 2.45) is 46.3 Å². The van der Waals surface area contributed by atoms with Crippen molar-refractivity contribution in [3.05, 3.63) is 0 Å². The highest BCUT2D eigenvalue weighted by atomic mass is 32.2. The first-order valence-electron chi connectivity index (χ1n) is 14.6. The lowest BCUT2D eigenvalue weighted by Gasteiger charge is -2.67. The van der Waals surface area contributed by atoms with Crippen LogP contribution in [0, 0.1) is 46.3 Å². The Balaban J connectivity index is 1.56. The number of nitrogens with one attached hydrogen (secondary N) is 1. The van der Waals surface area contributed by atoms with Gasteiger partial charge in [-0.3, -0.25) is 9.35 Å². The zero-order valence-electron chi connectivity index (χ0n) is 24.4. The third-order valence-corrected chi connectivity index (χ3v) is 12.7. The minimum Gasteiger partial charge on any atom is -0.365 e. The fourth-order valence-corrected chi connectivity index (χ4v) is 9.87. The average Bonchev–Trinajstić information content (AvgIpc) is 3.22. The standard InChI is InChI=1S/C28H49NO10S/c1-17(6-9-22(30)29-12-13-40(35,36)37)19-7-8-20-23-21(16-28(33,34)25(19,20)3)24(2)10-11-26(31,38-4)14-18(24)15-27(23,32)39-5/h17-21,23,31-34H,6-16H2,1-5H3,(H,29,30)(H,35,36,37)/t17-,18?,19-,20+,21+,23+,24+,25-,26+,27+/m1/s1. The largest absolute Gasteiger partial charge is 0.365 e. The number of carbonyl (C=O) groups excluding carboxylic acids is 1. The zero-order valence-corrected chi connectivity index (χ0v) is 25.2. The molecule has 0 radical (unpaired) electrons. The second-order valence-electron chi connectivity index (χ2n) is 13.7. The number of aliphatic hydroxyl groups is 4. The van der Waals surface area contributed by atoms with Crippen molar-refractivity contribution >= 4 is 16.0 Å². The topological polar surface area (TPSA) is 183 Å².